The normalized spacial score (nSPS) is 19.8. The maximum atomic E-state index is 13.7. The number of carbonyl (C=O) groups excluding carboxylic acids is 1. The van der Waals surface area contributed by atoms with Gasteiger partial charge in [-0.1, -0.05) is 6.07 Å². The molecule has 1 aromatic carbocycles. The smallest absolute Gasteiger partial charge is 0.410 e. The number of fused-ring (bicyclic) bond motifs is 2. The number of hydrogen-bond donors (Lipinski definition) is 2. The van der Waals surface area contributed by atoms with Gasteiger partial charge >= 0.3 is 6.18 Å². The molecule has 11 heteroatoms. The molecule has 2 aliphatic heterocycles. The van der Waals surface area contributed by atoms with Gasteiger partial charge in [-0.2, -0.15) is 18.3 Å². The fraction of sp³-hybridized carbons (Fsp3) is 0.263. The molecule has 2 atom stereocenters. The zero-order valence-electron chi connectivity index (χ0n) is 15.3. The summed E-state index contributed by atoms with van der Waals surface area (Å²) in [5.41, 5.74) is 0.463. The summed E-state index contributed by atoms with van der Waals surface area (Å²) in [5, 5.41) is 11.4. The van der Waals surface area contributed by atoms with E-state index in [1.807, 2.05) is 0 Å². The number of alkyl halides is 3. The summed E-state index contributed by atoms with van der Waals surface area (Å²) in [7, 11) is 0. The Morgan fingerprint density at radius 2 is 2.10 bits per heavy atom. The van der Waals surface area contributed by atoms with Crippen molar-refractivity contribution in [2.45, 2.75) is 24.7 Å². The molecular formula is C19H15F3N4O3S. The number of thiophene rings is 1. The molecule has 156 valence electrons. The number of ether oxygens (including phenoxy) is 2. The standard InChI is InChI=1S/C19H15F3N4O3S/c20-19(21,22)16-7-12(15-2-1-5-30-15)25-17-11(8-23-26(16)17)18(27)24-10-3-4-13-14(6-10)29-9-28-13/h1-6,8,12,16,25H,7,9H2,(H,24,27)/t12-,16+/m1/s1. The van der Waals surface area contributed by atoms with E-state index in [1.165, 1.54) is 11.3 Å². The molecule has 3 aromatic rings. The fourth-order valence-electron chi connectivity index (χ4n) is 3.58. The van der Waals surface area contributed by atoms with E-state index in [0.29, 0.717) is 17.2 Å². The summed E-state index contributed by atoms with van der Waals surface area (Å²) < 4.78 is 52.5. The lowest BCUT2D eigenvalue weighted by atomic mass is 10.0. The molecular weight excluding hydrogens is 421 g/mol. The molecule has 2 N–H and O–H groups in total. The van der Waals surface area contributed by atoms with Gasteiger partial charge < -0.3 is 20.1 Å². The maximum absolute atomic E-state index is 13.7. The molecule has 0 saturated heterocycles. The van der Waals surface area contributed by atoms with Crippen molar-refractivity contribution < 1.29 is 27.4 Å². The van der Waals surface area contributed by atoms with E-state index < -0.39 is 24.2 Å². The quantitative estimate of drug-likeness (QED) is 0.628. The fourth-order valence-corrected chi connectivity index (χ4v) is 4.37. The summed E-state index contributed by atoms with van der Waals surface area (Å²) in [5.74, 6) is 0.512. The first-order chi connectivity index (χ1) is 14.4. The van der Waals surface area contributed by atoms with E-state index in [9.17, 15) is 18.0 Å². The highest BCUT2D eigenvalue weighted by molar-refractivity contribution is 7.10. The van der Waals surface area contributed by atoms with Crippen LogP contribution in [0, 0.1) is 0 Å². The van der Waals surface area contributed by atoms with Crippen LogP contribution in [0.2, 0.25) is 0 Å². The molecule has 0 saturated carbocycles. The molecule has 7 nitrogen and oxygen atoms in total. The average Bonchev–Trinajstić information content (AvgIpc) is 3.45. The number of aromatic nitrogens is 2. The highest BCUT2D eigenvalue weighted by atomic mass is 32.1. The van der Waals surface area contributed by atoms with Crippen LogP contribution in [0.15, 0.2) is 41.9 Å². The van der Waals surface area contributed by atoms with E-state index in [2.05, 4.69) is 15.7 Å². The Bertz CT molecular complexity index is 1100. The molecule has 0 spiro atoms. The molecule has 0 aliphatic carbocycles. The lowest BCUT2D eigenvalue weighted by molar-refractivity contribution is -0.173. The number of nitrogens with one attached hydrogen (secondary N) is 2. The number of amides is 1. The minimum atomic E-state index is -4.50. The predicted octanol–water partition coefficient (Wildman–Crippen LogP) is 4.59. The number of halogens is 3. The van der Waals surface area contributed by atoms with Crippen LogP contribution in [-0.2, 0) is 0 Å². The number of anilines is 2. The molecule has 2 aliphatic rings. The van der Waals surface area contributed by atoms with Crippen molar-refractivity contribution in [1.29, 1.82) is 0 Å². The van der Waals surface area contributed by atoms with E-state index in [-0.39, 0.29) is 24.6 Å². The molecule has 1 amide bonds. The molecule has 5 rings (SSSR count). The summed E-state index contributed by atoms with van der Waals surface area (Å²) in [6.45, 7) is 0.0938. The molecule has 0 fully saturated rings. The third-order valence-corrected chi connectivity index (χ3v) is 5.99. The van der Waals surface area contributed by atoms with Crippen molar-refractivity contribution >= 4 is 28.7 Å². The van der Waals surface area contributed by atoms with Crippen LogP contribution in [0.4, 0.5) is 24.7 Å². The van der Waals surface area contributed by atoms with Gasteiger partial charge in [0.25, 0.3) is 5.91 Å². The van der Waals surface area contributed by atoms with Crippen LogP contribution in [0.3, 0.4) is 0 Å². The predicted molar refractivity (Wildman–Crippen MR) is 103 cm³/mol. The highest BCUT2D eigenvalue weighted by Crippen LogP contribution is 2.45. The first-order valence-electron chi connectivity index (χ1n) is 9.05. The van der Waals surface area contributed by atoms with Crippen molar-refractivity contribution in [2.75, 3.05) is 17.4 Å². The lowest BCUT2D eigenvalue weighted by Crippen LogP contribution is -2.36. The van der Waals surface area contributed by atoms with Gasteiger partial charge in [-0.15, -0.1) is 11.3 Å². The Morgan fingerprint density at radius 3 is 2.87 bits per heavy atom. The summed E-state index contributed by atoms with van der Waals surface area (Å²) in [4.78, 5) is 13.6. The summed E-state index contributed by atoms with van der Waals surface area (Å²) >= 11 is 1.36. The van der Waals surface area contributed by atoms with E-state index in [4.69, 9.17) is 9.47 Å². The second-order valence-electron chi connectivity index (χ2n) is 6.88. The van der Waals surface area contributed by atoms with Crippen molar-refractivity contribution in [3.05, 3.63) is 52.3 Å². The minimum Gasteiger partial charge on any atom is -0.454 e. The van der Waals surface area contributed by atoms with Gasteiger partial charge in [-0.25, -0.2) is 4.68 Å². The van der Waals surface area contributed by atoms with Crippen molar-refractivity contribution in [2.24, 2.45) is 0 Å². The molecule has 4 heterocycles. The Balaban J connectivity index is 1.46. The third kappa shape index (κ3) is 3.24. The highest BCUT2D eigenvalue weighted by Gasteiger charge is 2.47. The first-order valence-corrected chi connectivity index (χ1v) is 9.93. The molecule has 30 heavy (non-hydrogen) atoms. The largest absolute Gasteiger partial charge is 0.454 e. The number of rotatable bonds is 3. The van der Waals surface area contributed by atoms with E-state index in [1.54, 1.807) is 35.7 Å². The molecule has 0 radical (unpaired) electrons. The third-order valence-electron chi connectivity index (χ3n) is 5.00. The van der Waals surface area contributed by atoms with Crippen molar-refractivity contribution in [3.63, 3.8) is 0 Å². The van der Waals surface area contributed by atoms with E-state index in [0.717, 1.165) is 15.8 Å². The molecule has 0 bridgehead atoms. The molecule has 2 aromatic heterocycles. The Hall–Kier alpha value is -3.21. The average molecular weight is 436 g/mol. The van der Waals surface area contributed by atoms with Crippen LogP contribution in [0.5, 0.6) is 11.5 Å². The molecule has 0 unspecified atom stereocenters. The zero-order chi connectivity index (χ0) is 20.9. The van der Waals surface area contributed by atoms with Crippen LogP contribution in [0.1, 0.15) is 33.7 Å². The van der Waals surface area contributed by atoms with Crippen LogP contribution >= 0.6 is 11.3 Å². The van der Waals surface area contributed by atoms with Gasteiger partial charge in [0.1, 0.15) is 11.4 Å². The van der Waals surface area contributed by atoms with Gasteiger partial charge in [0.15, 0.2) is 17.5 Å². The number of benzene rings is 1. The first kappa shape index (κ1) is 18.8. The van der Waals surface area contributed by atoms with Gasteiger partial charge in [-0.05, 0) is 23.6 Å². The van der Waals surface area contributed by atoms with Crippen molar-refractivity contribution in [1.82, 2.24) is 9.78 Å². The minimum absolute atomic E-state index is 0.0307. The lowest BCUT2D eigenvalue weighted by Gasteiger charge is -2.33. The Kier molecular flexibility index (Phi) is 4.35. The van der Waals surface area contributed by atoms with Crippen LogP contribution in [-0.4, -0.2) is 28.7 Å². The van der Waals surface area contributed by atoms with Crippen molar-refractivity contribution in [3.8, 4) is 11.5 Å². The van der Waals surface area contributed by atoms with Gasteiger partial charge in [0, 0.05) is 23.1 Å². The summed E-state index contributed by atoms with van der Waals surface area (Å²) in [6.07, 6.45) is -3.55. The van der Waals surface area contributed by atoms with Gasteiger partial charge in [-0.3, -0.25) is 4.79 Å². The van der Waals surface area contributed by atoms with E-state index >= 15 is 0 Å². The zero-order valence-corrected chi connectivity index (χ0v) is 16.1. The Morgan fingerprint density at radius 1 is 1.27 bits per heavy atom. The number of carbonyl (C=O) groups is 1. The number of hydrogen-bond acceptors (Lipinski definition) is 6. The SMILES string of the molecule is O=C(Nc1ccc2c(c1)OCO2)c1cnn2c1N[C@@H](c1cccs1)C[C@H]2C(F)(F)F. The summed E-state index contributed by atoms with van der Waals surface area (Å²) in [6, 6.07) is 6.03. The van der Waals surface area contributed by atoms with Crippen LogP contribution < -0.4 is 20.1 Å². The monoisotopic (exact) mass is 436 g/mol. The van der Waals surface area contributed by atoms with Crippen LogP contribution in [0.25, 0.3) is 0 Å². The number of nitrogens with zero attached hydrogens (tertiary/aromatic N) is 2. The maximum Gasteiger partial charge on any atom is 0.410 e. The van der Waals surface area contributed by atoms with Gasteiger partial charge in [0.2, 0.25) is 6.79 Å². The second kappa shape index (κ2) is 6.94. The second-order valence-corrected chi connectivity index (χ2v) is 7.86. The topological polar surface area (TPSA) is 77.4 Å². The Labute approximate surface area is 172 Å². The van der Waals surface area contributed by atoms with Gasteiger partial charge in [0.05, 0.1) is 12.2 Å².